The molecule has 1 aliphatic heterocycles. The molecular formula is C19H19N3O. The van der Waals surface area contributed by atoms with E-state index in [0.29, 0.717) is 24.4 Å². The van der Waals surface area contributed by atoms with E-state index in [1.54, 1.807) is 0 Å². The zero-order chi connectivity index (χ0) is 15.8. The highest BCUT2D eigenvalue weighted by Gasteiger charge is 2.27. The quantitative estimate of drug-likeness (QED) is 0.733. The first-order valence-electron chi connectivity index (χ1n) is 7.94. The summed E-state index contributed by atoms with van der Waals surface area (Å²) >= 11 is 0. The second kappa shape index (κ2) is 5.54. The summed E-state index contributed by atoms with van der Waals surface area (Å²) in [5.41, 5.74) is 4.82. The lowest BCUT2D eigenvalue weighted by atomic mass is 10.1. The van der Waals surface area contributed by atoms with Crippen LogP contribution in [0.1, 0.15) is 23.9 Å². The van der Waals surface area contributed by atoms with E-state index in [4.69, 9.17) is 4.42 Å². The zero-order valence-corrected chi connectivity index (χ0v) is 13.4. The third kappa shape index (κ3) is 2.61. The van der Waals surface area contributed by atoms with Crippen molar-refractivity contribution >= 4 is 5.69 Å². The number of benzene rings is 2. The first-order valence-corrected chi connectivity index (χ1v) is 7.94. The molecule has 0 N–H and O–H groups in total. The number of rotatable bonds is 3. The first-order chi connectivity index (χ1) is 11.2. The van der Waals surface area contributed by atoms with Crippen molar-refractivity contribution in [2.24, 2.45) is 0 Å². The molecule has 4 nitrogen and oxygen atoms in total. The second-order valence-electron chi connectivity index (χ2n) is 6.18. The maximum Gasteiger partial charge on any atom is 0.247 e. The van der Waals surface area contributed by atoms with Crippen LogP contribution in [0, 0.1) is 6.92 Å². The molecular weight excluding hydrogens is 286 g/mol. The molecule has 1 aromatic heterocycles. The van der Waals surface area contributed by atoms with E-state index < -0.39 is 0 Å². The lowest BCUT2D eigenvalue weighted by molar-refractivity contribution is 0.489. The average Bonchev–Trinajstić information content (AvgIpc) is 3.13. The van der Waals surface area contributed by atoms with Crippen LogP contribution in [0.2, 0.25) is 0 Å². The number of fused-ring (bicyclic) bond motifs is 1. The number of nitrogens with zero attached hydrogens (tertiary/aromatic N) is 3. The van der Waals surface area contributed by atoms with Crippen molar-refractivity contribution in [1.29, 1.82) is 0 Å². The van der Waals surface area contributed by atoms with Crippen molar-refractivity contribution < 1.29 is 4.42 Å². The van der Waals surface area contributed by atoms with Crippen LogP contribution in [-0.4, -0.2) is 16.2 Å². The molecule has 4 rings (SSSR count). The van der Waals surface area contributed by atoms with Crippen LogP contribution in [0.25, 0.3) is 11.5 Å². The van der Waals surface area contributed by atoms with Crippen LogP contribution in [-0.2, 0) is 13.0 Å². The van der Waals surface area contributed by atoms with Gasteiger partial charge in [-0.1, -0.05) is 35.9 Å². The molecule has 0 aliphatic carbocycles. The molecule has 1 aliphatic rings. The molecule has 23 heavy (non-hydrogen) atoms. The average molecular weight is 305 g/mol. The minimum atomic E-state index is 0.446. The van der Waals surface area contributed by atoms with Gasteiger partial charge in [0, 0.05) is 17.3 Å². The molecule has 2 aromatic carbocycles. The largest absolute Gasteiger partial charge is 0.419 e. The van der Waals surface area contributed by atoms with E-state index in [1.165, 1.54) is 16.8 Å². The fraction of sp³-hybridized carbons (Fsp3) is 0.263. The molecule has 0 saturated heterocycles. The Kier molecular flexibility index (Phi) is 3.37. The summed E-state index contributed by atoms with van der Waals surface area (Å²) in [6, 6.07) is 17.1. The van der Waals surface area contributed by atoms with Gasteiger partial charge in [-0.3, -0.25) is 0 Å². The lowest BCUT2D eigenvalue weighted by Crippen LogP contribution is -2.28. The second-order valence-corrected chi connectivity index (χ2v) is 6.18. The summed E-state index contributed by atoms with van der Waals surface area (Å²) in [6.45, 7) is 4.94. The molecule has 0 amide bonds. The predicted octanol–water partition coefficient (Wildman–Crippen LogP) is 4.00. The summed E-state index contributed by atoms with van der Waals surface area (Å²) < 4.78 is 5.89. The normalized spacial score (nSPS) is 16.6. The number of anilines is 1. The number of aromatic nitrogens is 2. The van der Waals surface area contributed by atoms with E-state index in [-0.39, 0.29) is 0 Å². The van der Waals surface area contributed by atoms with Gasteiger partial charge in [-0.15, -0.1) is 10.2 Å². The molecule has 0 spiro atoms. The molecule has 4 heteroatoms. The van der Waals surface area contributed by atoms with Gasteiger partial charge in [-0.25, -0.2) is 0 Å². The Hall–Kier alpha value is -2.62. The number of hydrogen-bond acceptors (Lipinski definition) is 4. The van der Waals surface area contributed by atoms with Crippen LogP contribution in [0.5, 0.6) is 0 Å². The first kappa shape index (κ1) is 14.0. The standard InChI is InChI=1S/C19H19N3O/c1-13-6-5-8-16(10-13)19-21-20-18(23-19)12-22-14(2)11-15-7-3-4-9-17(15)22/h3-10,14H,11-12H2,1-2H3. The molecule has 0 saturated carbocycles. The van der Waals surface area contributed by atoms with Gasteiger partial charge in [-0.05, 0) is 44.0 Å². The highest BCUT2D eigenvalue weighted by Crippen LogP contribution is 2.33. The Labute approximate surface area is 135 Å². The van der Waals surface area contributed by atoms with Gasteiger partial charge >= 0.3 is 0 Å². The highest BCUT2D eigenvalue weighted by molar-refractivity contribution is 5.59. The van der Waals surface area contributed by atoms with Gasteiger partial charge < -0.3 is 9.32 Å². The van der Waals surface area contributed by atoms with E-state index in [0.717, 1.165) is 12.0 Å². The van der Waals surface area contributed by atoms with Crippen molar-refractivity contribution in [2.75, 3.05) is 4.90 Å². The Morgan fingerprint density at radius 2 is 2.00 bits per heavy atom. The molecule has 3 aromatic rings. The van der Waals surface area contributed by atoms with Crippen molar-refractivity contribution in [3.05, 3.63) is 65.5 Å². The SMILES string of the molecule is Cc1cccc(-c2nnc(CN3c4ccccc4CC3C)o2)c1. The Morgan fingerprint density at radius 3 is 2.87 bits per heavy atom. The van der Waals surface area contributed by atoms with Gasteiger partial charge in [0.15, 0.2) is 0 Å². The number of hydrogen-bond donors (Lipinski definition) is 0. The summed E-state index contributed by atoms with van der Waals surface area (Å²) in [6.07, 6.45) is 1.06. The highest BCUT2D eigenvalue weighted by atomic mass is 16.4. The fourth-order valence-corrected chi connectivity index (χ4v) is 3.23. The van der Waals surface area contributed by atoms with Crippen molar-refractivity contribution in [1.82, 2.24) is 10.2 Å². The van der Waals surface area contributed by atoms with Crippen LogP contribution >= 0.6 is 0 Å². The lowest BCUT2D eigenvalue weighted by Gasteiger charge is -2.22. The minimum Gasteiger partial charge on any atom is -0.419 e. The van der Waals surface area contributed by atoms with Crippen LogP contribution < -0.4 is 4.90 Å². The van der Waals surface area contributed by atoms with E-state index in [9.17, 15) is 0 Å². The maximum absolute atomic E-state index is 5.89. The summed E-state index contributed by atoms with van der Waals surface area (Å²) in [7, 11) is 0. The monoisotopic (exact) mass is 305 g/mol. The Bertz CT molecular complexity index is 840. The van der Waals surface area contributed by atoms with Gasteiger partial charge in [0.25, 0.3) is 0 Å². The third-order valence-corrected chi connectivity index (χ3v) is 4.39. The topological polar surface area (TPSA) is 42.2 Å². The summed E-state index contributed by atoms with van der Waals surface area (Å²) in [4.78, 5) is 2.34. The van der Waals surface area contributed by atoms with Crippen molar-refractivity contribution in [2.45, 2.75) is 32.9 Å². The Morgan fingerprint density at radius 1 is 1.13 bits per heavy atom. The van der Waals surface area contributed by atoms with Crippen LogP contribution in [0.15, 0.2) is 52.9 Å². The van der Waals surface area contributed by atoms with Crippen molar-refractivity contribution in [3.63, 3.8) is 0 Å². The predicted molar refractivity (Wildman–Crippen MR) is 90.3 cm³/mol. The van der Waals surface area contributed by atoms with Gasteiger partial charge in [-0.2, -0.15) is 0 Å². The van der Waals surface area contributed by atoms with Gasteiger partial charge in [0.1, 0.15) is 0 Å². The van der Waals surface area contributed by atoms with Crippen LogP contribution in [0.3, 0.4) is 0 Å². The smallest absolute Gasteiger partial charge is 0.247 e. The molecule has 116 valence electrons. The molecule has 0 bridgehead atoms. The minimum absolute atomic E-state index is 0.446. The van der Waals surface area contributed by atoms with Crippen molar-refractivity contribution in [3.8, 4) is 11.5 Å². The molecule has 0 radical (unpaired) electrons. The van der Waals surface area contributed by atoms with E-state index >= 15 is 0 Å². The van der Waals surface area contributed by atoms with E-state index in [2.05, 4.69) is 65.3 Å². The molecule has 0 fully saturated rings. The molecule has 1 unspecified atom stereocenters. The maximum atomic E-state index is 5.89. The molecule has 2 heterocycles. The number of para-hydroxylation sites is 1. The van der Waals surface area contributed by atoms with E-state index in [1.807, 2.05) is 12.1 Å². The summed E-state index contributed by atoms with van der Waals surface area (Å²) in [5, 5.41) is 8.44. The molecule has 1 atom stereocenters. The third-order valence-electron chi connectivity index (χ3n) is 4.39. The Balaban J connectivity index is 1.59. The number of aryl methyl sites for hydroxylation is 1. The zero-order valence-electron chi connectivity index (χ0n) is 13.4. The van der Waals surface area contributed by atoms with Gasteiger partial charge in [0.2, 0.25) is 11.8 Å². The van der Waals surface area contributed by atoms with Gasteiger partial charge in [0.05, 0.1) is 6.54 Å². The summed E-state index contributed by atoms with van der Waals surface area (Å²) in [5.74, 6) is 1.24. The van der Waals surface area contributed by atoms with Crippen LogP contribution in [0.4, 0.5) is 5.69 Å². The fourth-order valence-electron chi connectivity index (χ4n) is 3.23.